The predicted molar refractivity (Wildman–Crippen MR) is 82.0 cm³/mol. The maximum atomic E-state index is 12.9. The minimum absolute atomic E-state index is 0.106. The number of halogens is 1. The molecule has 1 heterocycles. The summed E-state index contributed by atoms with van der Waals surface area (Å²) in [6.45, 7) is 3.69. The first-order valence-electron chi connectivity index (χ1n) is 7.42. The normalized spacial score (nSPS) is 18.7. The van der Waals surface area contributed by atoms with Crippen molar-refractivity contribution in [2.24, 2.45) is 0 Å². The first kappa shape index (κ1) is 16.9. The molecule has 4 amide bonds. The van der Waals surface area contributed by atoms with Crippen LogP contribution in [0.5, 0.6) is 0 Å². The van der Waals surface area contributed by atoms with Crippen molar-refractivity contribution in [2.45, 2.75) is 44.7 Å². The second-order valence-corrected chi connectivity index (χ2v) is 6.29. The van der Waals surface area contributed by atoms with E-state index in [1.54, 1.807) is 12.1 Å². The van der Waals surface area contributed by atoms with Crippen LogP contribution in [-0.4, -0.2) is 29.4 Å². The zero-order valence-electron chi connectivity index (χ0n) is 13.1. The van der Waals surface area contributed by atoms with Crippen molar-refractivity contribution in [1.29, 1.82) is 0 Å². The Morgan fingerprint density at radius 3 is 2.61 bits per heavy atom. The second-order valence-electron chi connectivity index (χ2n) is 6.29. The Labute approximate surface area is 133 Å². The van der Waals surface area contributed by atoms with Crippen molar-refractivity contribution in [2.75, 3.05) is 0 Å². The van der Waals surface area contributed by atoms with E-state index < -0.39 is 23.5 Å². The van der Waals surface area contributed by atoms with Crippen molar-refractivity contribution in [3.05, 3.63) is 35.6 Å². The van der Waals surface area contributed by atoms with Crippen LogP contribution in [0.25, 0.3) is 0 Å². The van der Waals surface area contributed by atoms with Crippen molar-refractivity contribution >= 4 is 17.8 Å². The van der Waals surface area contributed by atoms with Crippen LogP contribution in [0, 0.1) is 5.82 Å². The molecule has 0 bridgehead atoms. The van der Waals surface area contributed by atoms with E-state index in [0.717, 1.165) is 5.56 Å². The molecule has 1 atom stereocenters. The molecule has 0 spiro atoms. The third kappa shape index (κ3) is 5.05. The van der Waals surface area contributed by atoms with E-state index in [1.165, 1.54) is 12.1 Å². The van der Waals surface area contributed by atoms with E-state index in [1.807, 2.05) is 13.8 Å². The second kappa shape index (κ2) is 6.76. The fraction of sp³-hybridized carbons (Fsp3) is 0.438. The van der Waals surface area contributed by atoms with Crippen LogP contribution in [0.4, 0.5) is 9.18 Å². The number of amides is 4. The topological polar surface area (TPSA) is 87.3 Å². The van der Waals surface area contributed by atoms with Gasteiger partial charge in [-0.1, -0.05) is 12.1 Å². The fourth-order valence-corrected chi connectivity index (χ4v) is 2.51. The SMILES string of the molecule is CC(C)(Cc1ccc(F)cc1)NC(=O)C1CCC(=O)NC(=O)N1. The summed E-state index contributed by atoms with van der Waals surface area (Å²) in [4.78, 5) is 35.1. The summed E-state index contributed by atoms with van der Waals surface area (Å²) in [5.41, 5.74) is 0.307. The summed E-state index contributed by atoms with van der Waals surface area (Å²) >= 11 is 0. The maximum absolute atomic E-state index is 12.9. The van der Waals surface area contributed by atoms with Crippen molar-refractivity contribution in [3.63, 3.8) is 0 Å². The van der Waals surface area contributed by atoms with E-state index in [0.29, 0.717) is 6.42 Å². The Bertz CT molecular complexity index is 614. The largest absolute Gasteiger partial charge is 0.349 e. The number of carbonyl (C=O) groups excluding carboxylic acids is 3. The van der Waals surface area contributed by atoms with Crippen molar-refractivity contribution in [1.82, 2.24) is 16.0 Å². The van der Waals surface area contributed by atoms with Crippen LogP contribution in [0.15, 0.2) is 24.3 Å². The number of carbonyl (C=O) groups is 3. The molecule has 23 heavy (non-hydrogen) atoms. The number of hydrogen-bond acceptors (Lipinski definition) is 3. The molecule has 6 nitrogen and oxygen atoms in total. The minimum atomic E-state index is -0.756. The summed E-state index contributed by atoms with van der Waals surface area (Å²) in [7, 11) is 0. The Kier molecular flexibility index (Phi) is 4.98. The molecule has 0 aliphatic carbocycles. The first-order valence-corrected chi connectivity index (χ1v) is 7.42. The number of hydrogen-bond donors (Lipinski definition) is 3. The molecule has 3 N–H and O–H groups in total. The van der Waals surface area contributed by atoms with Crippen LogP contribution in [0.3, 0.4) is 0 Å². The van der Waals surface area contributed by atoms with E-state index in [-0.39, 0.29) is 24.6 Å². The highest BCUT2D eigenvalue weighted by molar-refractivity contribution is 5.98. The zero-order valence-corrected chi connectivity index (χ0v) is 13.1. The Hall–Kier alpha value is -2.44. The summed E-state index contributed by atoms with van der Waals surface area (Å²) in [5, 5.41) is 7.47. The number of rotatable bonds is 4. The number of imide groups is 1. The molecule has 2 rings (SSSR count). The highest BCUT2D eigenvalue weighted by atomic mass is 19.1. The molecule has 0 aromatic heterocycles. The molecule has 1 fully saturated rings. The van der Waals surface area contributed by atoms with Crippen LogP contribution in [0.2, 0.25) is 0 Å². The Balaban J connectivity index is 1.98. The van der Waals surface area contributed by atoms with Gasteiger partial charge in [-0.3, -0.25) is 14.9 Å². The van der Waals surface area contributed by atoms with Gasteiger partial charge in [0.05, 0.1) is 0 Å². The smallest absolute Gasteiger partial charge is 0.322 e. The van der Waals surface area contributed by atoms with Gasteiger partial charge in [-0.25, -0.2) is 9.18 Å². The van der Waals surface area contributed by atoms with E-state index in [9.17, 15) is 18.8 Å². The van der Waals surface area contributed by atoms with Crippen molar-refractivity contribution in [3.8, 4) is 0 Å². The fourth-order valence-electron chi connectivity index (χ4n) is 2.51. The maximum Gasteiger partial charge on any atom is 0.322 e. The monoisotopic (exact) mass is 321 g/mol. The average molecular weight is 321 g/mol. The van der Waals surface area contributed by atoms with Gasteiger partial charge in [-0.15, -0.1) is 0 Å². The molecule has 124 valence electrons. The summed E-state index contributed by atoms with van der Waals surface area (Å²) in [5.74, 6) is -1.06. The lowest BCUT2D eigenvalue weighted by Gasteiger charge is -2.28. The summed E-state index contributed by atoms with van der Waals surface area (Å²) in [6, 6.07) is 4.66. The van der Waals surface area contributed by atoms with Gasteiger partial charge in [-0.2, -0.15) is 0 Å². The third-order valence-electron chi connectivity index (χ3n) is 3.56. The quantitative estimate of drug-likeness (QED) is 0.780. The molecule has 1 aliphatic rings. The molecule has 1 aromatic carbocycles. The van der Waals surface area contributed by atoms with Crippen LogP contribution < -0.4 is 16.0 Å². The molecule has 7 heteroatoms. The number of nitrogens with one attached hydrogen (secondary N) is 3. The predicted octanol–water partition coefficient (Wildman–Crippen LogP) is 1.25. The van der Waals surface area contributed by atoms with Gasteiger partial charge >= 0.3 is 6.03 Å². The Morgan fingerprint density at radius 1 is 1.30 bits per heavy atom. The molecular weight excluding hydrogens is 301 g/mol. The van der Waals surface area contributed by atoms with Crippen LogP contribution in [0.1, 0.15) is 32.3 Å². The van der Waals surface area contributed by atoms with Gasteiger partial charge in [0.15, 0.2) is 0 Å². The molecule has 0 radical (unpaired) electrons. The van der Waals surface area contributed by atoms with Gasteiger partial charge in [0.1, 0.15) is 11.9 Å². The lowest BCUT2D eigenvalue weighted by Crippen LogP contribution is -2.54. The highest BCUT2D eigenvalue weighted by Crippen LogP contribution is 2.14. The van der Waals surface area contributed by atoms with E-state index in [4.69, 9.17) is 0 Å². The standard InChI is InChI=1S/C16H20FN3O3/c1-16(2,9-10-3-5-11(17)6-4-10)20-14(22)12-7-8-13(21)19-15(23)18-12/h3-6,12H,7-9H2,1-2H3,(H,20,22)(H2,18,19,21,23). The van der Waals surface area contributed by atoms with Gasteiger partial charge in [0.25, 0.3) is 0 Å². The van der Waals surface area contributed by atoms with Crippen LogP contribution >= 0.6 is 0 Å². The van der Waals surface area contributed by atoms with E-state index in [2.05, 4.69) is 16.0 Å². The summed E-state index contributed by atoms with van der Waals surface area (Å²) < 4.78 is 12.9. The lowest BCUT2D eigenvalue weighted by atomic mass is 9.94. The van der Waals surface area contributed by atoms with Crippen molar-refractivity contribution < 1.29 is 18.8 Å². The minimum Gasteiger partial charge on any atom is -0.349 e. The molecule has 1 unspecified atom stereocenters. The molecule has 1 saturated heterocycles. The van der Waals surface area contributed by atoms with Crippen LogP contribution in [-0.2, 0) is 16.0 Å². The Morgan fingerprint density at radius 2 is 1.96 bits per heavy atom. The lowest BCUT2D eigenvalue weighted by molar-refractivity contribution is -0.124. The van der Waals surface area contributed by atoms with Gasteiger partial charge < -0.3 is 10.6 Å². The third-order valence-corrected chi connectivity index (χ3v) is 3.56. The van der Waals surface area contributed by atoms with Gasteiger partial charge in [0.2, 0.25) is 11.8 Å². The average Bonchev–Trinajstić information content (AvgIpc) is 2.61. The summed E-state index contributed by atoms with van der Waals surface area (Å²) in [6.07, 6.45) is 0.863. The molecule has 1 aromatic rings. The highest BCUT2D eigenvalue weighted by Gasteiger charge is 2.29. The van der Waals surface area contributed by atoms with E-state index >= 15 is 0 Å². The van der Waals surface area contributed by atoms with Gasteiger partial charge in [-0.05, 0) is 44.4 Å². The first-order chi connectivity index (χ1) is 10.7. The zero-order chi connectivity index (χ0) is 17.0. The molecule has 0 saturated carbocycles. The number of urea groups is 1. The number of benzene rings is 1. The molecule has 1 aliphatic heterocycles. The van der Waals surface area contributed by atoms with Gasteiger partial charge in [0, 0.05) is 12.0 Å². The molecular formula is C16H20FN3O3.